The van der Waals surface area contributed by atoms with E-state index in [2.05, 4.69) is 15.2 Å². The Morgan fingerprint density at radius 3 is 2.77 bits per heavy atom. The molecule has 4 aromatic rings. The highest BCUT2D eigenvalue weighted by Gasteiger charge is 2.15. The summed E-state index contributed by atoms with van der Waals surface area (Å²) >= 11 is 0. The van der Waals surface area contributed by atoms with Crippen LogP contribution in [0.3, 0.4) is 0 Å². The van der Waals surface area contributed by atoms with E-state index in [9.17, 15) is 5.11 Å². The van der Waals surface area contributed by atoms with Gasteiger partial charge in [0.05, 0.1) is 18.3 Å². The van der Waals surface area contributed by atoms with Gasteiger partial charge in [0.1, 0.15) is 11.5 Å². The fourth-order valence-corrected chi connectivity index (χ4v) is 4.13. The Bertz CT molecular complexity index is 1220. The maximum absolute atomic E-state index is 10.4. The molecule has 0 spiro atoms. The van der Waals surface area contributed by atoms with Crippen LogP contribution >= 0.6 is 0 Å². The van der Waals surface area contributed by atoms with E-state index >= 15 is 0 Å². The predicted octanol–water partition coefficient (Wildman–Crippen LogP) is 4.84. The summed E-state index contributed by atoms with van der Waals surface area (Å²) in [5.41, 5.74) is 4.32. The first-order valence-corrected chi connectivity index (χ1v) is 10.2. The maximum Gasteiger partial charge on any atom is 0.161 e. The first kappa shape index (κ1) is 18.6. The summed E-state index contributed by atoms with van der Waals surface area (Å²) in [6.45, 7) is 2.93. The minimum absolute atomic E-state index is 0.334. The quantitative estimate of drug-likeness (QED) is 0.369. The highest BCUT2D eigenvalue weighted by molar-refractivity contribution is 6.08. The number of hydrogen-bond donors (Lipinski definition) is 2. The molecular formula is C24H24N4O2. The smallest absolute Gasteiger partial charge is 0.161 e. The van der Waals surface area contributed by atoms with E-state index in [1.54, 1.807) is 19.4 Å². The molecule has 2 N–H and O–H groups in total. The van der Waals surface area contributed by atoms with Gasteiger partial charge in [0.25, 0.3) is 0 Å². The number of nitrogens with zero attached hydrogens (tertiary/aromatic N) is 3. The van der Waals surface area contributed by atoms with Gasteiger partial charge in [-0.1, -0.05) is 0 Å². The summed E-state index contributed by atoms with van der Waals surface area (Å²) in [4.78, 5) is 11.5. The molecule has 0 unspecified atom stereocenters. The molecule has 0 bridgehead atoms. The number of phenolic OH excluding ortho intramolecular Hbond substituents is 1. The molecule has 3 heterocycles. The van der Waals surface area contributed by atoms with Crippen LogP contribution in [-0.4, -0.2) is 40.2 Å². The number of likely N-dealkylation sites (tertiary alicyclic amines) is 1. The van der Waals surface area contributed by atoms with Crippen LogP contribution in [0.1, 0.15) is 18.4 Å². The molecule has 2 aromatic carbocycles. The van der Waals surface area contributed by atoms with Crippen molar-refractivity contribution in [1.29, 1.82) is 0 Å². The van der Waals surface area contributed by atoms with Crippen LogP contribution in [0, 0.1) is 0 Å². The fourth-order valence-electron chi connectivity index (χ4n) is 4.13. The molecule has 1 saturated heterocycles. The lowest BCUT2D eigenvalue weighted by Gasteiger charge is -2.18. The summed E-state index contributed by atoms with van der Waals surface area (Å²) in [5, 5.41) is 15.9. The van der Waals surface area contributed by atoms with Crippen molar-refractivity contribution in [2.75, 3.05) is 25.5 Å². The number of fused-ring (bicyclic) bond motifs is 2. The minimum atomic E-state index is 0.334. The number of aromatic nitrogens is 2. The SMILES string of the molecule is COc1ccc2nc3ncccc3c(Nc3ccc(O)c(CN4CCCC4)c3)c2c1. The molecule has 1 aliphatic rings. The molecule has 1 aliphatic heterocycles. The number of nitrogens with one attached hydrogen (secondary N) is 1. The molecule has 0 aliphatic carbocycles. The van der Waals surface area contributed by atoms with Crippen molar-refractivity contribution in [3.05, 3.63) is 60.3 Å². The van der Waals surface area contributed by atoms with Crippen LogP contribution in [0.2, 0.25) is 0 Å². The number of aromatic hydroxyl groups is 1. The monoisotopic (exact) mass is 400 g/mol. The largest absolute Gasteiger partial charge is 0.508 e. The third-order valence-corrected chi connectivity index (χ3v) is 5.70. The number of hydrogen-bond acceptors (Lipinski definition) is 6. The lowest BCUT2D eigenvalue weighted by atomic mass is 10.1. The highest BCUT2D eigenvalue weighted by Crippen LogP contribution is 2.35. The summed E-state index contributed by atoms with van der Waals surface area (Å²) in [6.07, 6.45) is 4.20. The van der Waals surface area contributed by atoms with Gasteiger partial charge in [0, 0.05) is 34.8 Å². The number of anilines is 2. The zero-order valence-electron chi connectivity index (χ0n) is 16.9. The average Bonchev–Trinajstić information content (AvgIpc) is 3.28. The third-order valence-electron chi connectivity index (χ3n) is 5.70. The van der Waals surface area contributed by atoms with Gasteiger partial charge in [-0.3, -0.25) is 4.90 Å². The van der Waals surface area contributed by atoms with Crippen molar-refractivity contribution in [2.24, 2.45) is 0 Å². The second kappa shape index (κ2) is 7.80. The fraction of sp³-hybridized carbons (Fsp3) is 0.250. The number of phenols is 1. The van der Waals surface area contributed by atoms with Crippen molar-refractivity contribution in [1.82, 2.24) is 14.9 Å². The van der Waals surface area contributed by atoms with Crippen LogP contribution in [0.4, 0.5) is 11.4 Å². The van der Waals surface area contributed by atoms with Crippen molar-refractivity contribution < 1.29 is 9.84 Å². The Morgan fingerprint density at radius 1 is 1.07 bits per heavy atom. The van der Waals surface area contributed by atoms with Crippen LogP contribution < -0.4 is 10.1 Å². The van der Waals surface area contributed by atoms with E-state index in [0.29, 0.717) is 11.4 Å². The second-order valence-corrected chi connectivity index (χ2v) is 7.70. The van der Waals surface area contributed by atoms with Gasteiger partial charge in [-0.25, -0.2) is 9.97 Å². The van der Waals surface area contributed by atoms with Crippen molar-refractivity contribution >= 4 is 33.3 Å². The van der Waals surface area contributed by atoms with Crippen LogP contribution in [0.5, 0.6) is 11.5 Å². The van der Waals surface area contributed by atoms with Gasteiger partial charge >= 0.3 is 0 Å². The Morgan fingerprint density at radius 2 is 1.93 bits per heavy atom. The lowest BCUT2D eigenvalue weighted by molar-refractivity contribution is 0.324. The summed E-state index contributed by atoms with van der Waals surface area (Å²) < 4.78 is 5.44. The predicted molar refractivity (Wildman–Crippen MR) is 119 cm³/mol. The molecule has 2 aromatic heterocycles. The van der Waals surface area contributed by atoms with Crippen LogP contribution in [0.15, 0.2) is 54.7 Å². The van der Waals surface area contributed by atoms with Gasteiger partial charge in [0.15, 0.2) is 5.65 Å². The van der Waals surface area contributed by atoms with Gasteiger partial charge in [-0.2, -0.15) is 0 Å². The summed E-state index contributed by atoms with van der Waals surface area (Å²) in [5.74, 6) is 1.11. The molecule has 0 amide bonds. The van der Waals surface area contributed by atoms with E-state index in [1.807, 2.05) is 42.5 Å². The van der Waals surface area contributed by atoms with Crippen molar-refractivity contribution in [2.45, 2.75) is 19.4 Å². The Labute approximate surface area is 175 Å². The van der Waals surface area contributed by atoms with Crippen LogP contribution in [-0.2, 0) is 6.54 Å². The normalized spacial score (nSPS) is 14.4. The zero-order valence-corrected chi connectivity index (χ0v) is 16.9. The lowest BCUT2D eigenvalue weighted by Crippen LogP contribution is -2.18. The number of benzene rings is 2. The zero-order chi connectivity index (χ0) is 20.5. The average molecular weight is 400 g/mol. The first-order valence-electron chi connectivity index (χ1n) is 10.2. The van der Waals surface area contributed by atoms with Crippen molar-refractivity contribution in [3.8, 4) is 11.5 Å². The molecule has 5 rings (SSSR count). The van der Waals surface area contributed by atoms with Crippen molar-refractivity contribution in [3.63, 3.8) is 0 Å². The number of ether oxygens (including phenoxy) is 1. The molecule has 6 heteroatoms. The molecular weight excluding hydrogens is 376 g/mol. The Kier molecular flexibility index (Phi) is 4.85. The third kappa shape index (κ3) is 3.50. The molecule has 30 heavy (non-hydrogen) atoms. The van der Waals surface area contributed by atoms with E-state index < -0.39 is 0 Å². The summed E-state index contributed by atoms with van der Waals surface area (Å²) in [6, 6.07) is 15.5. The van der Waals surface area contributed by atoms with E-state index in [4.69, 9.17) is 9.72 Å². The van der Waals surface area contributed by atoms with Gasteiger partial charge in [-0.05, 0) is 74.5 Å². The molecule has 6 nitrogen and oxygen atoms in total. The molecule has 0 saturated carbocycles. The van der Waals surface area contributed by atoms with Gasteiger partial charge in [-0.15, -0.1) is 0 Å². The van der Waals surface area contributed by atoms with E-state index in [1.165, 1.54) is 12.8 Å². The van der Waals surface area contributed by atoms with Crippen LogP contribution in [0.25, 0.3) is 21.9 Å². The van der Waals surface area contributed by atoms with Gasteiger partial charge in [0.2, 0.25) is 0 Å². The molecule has 1 fully saturated rings. The standard InChI is InChI=1S/C24H24N4O2/c1-30-18-7-8-21-20(14-18)23(19-5-4-10-25-24(19)27-21)26-17-6-9-22(29)16(13-17)15-28-11-2-3-12-28/h4-10,13-14,29H,2-3,11-12,15H2,1H3,(H,25,26,27). The number of methoxy groups -OCH3 is 1. The summed E-state index contributed by atoms with van der Waals surface area (Å²) in [7, 11) is 1.66. The Hall–Kier alpha value is -3.38. The van der Waals surface area contributed by atoms with E-state index in [0.717, 1.165) is 58.6 Å². The molecule has 152 valence electrons. The molecule has 0 atom stereocenters. The second-order valence-electron chi connectivity index (χ2n) is 7.70. The number of pyridine rings is 2. The Balaban J connectivity index is 1.60. The van der Waals surface area contributed by atoms with Gasteiger partial charge < -0.3 is 15.2 Å². The topological polar surface area (TPSA) is 70.5 Å². The van der Waals surface area contributed by atoms with E-state index in [-0.39, 0.29) is 0 Å². The molecule has 0 radical (unpaired) electrons. The maximum atomic E-state index is 10.4. The minimum Gasteiger partial charge on any atom is -0.508 e. The first-order chi connectivity index (χ1) is 14.7. The highest BCUT2D eigenvalue weighted by atomic mass is 16.5. The number of rotatable bonds is 5.